The Bertz CT molecular complexity index is 479. The first-order valence-corrected chi connectivity index (χ1v) is 7.23. The number of ether oxygens (including phenoxy) is 2. The average Bonchev–Trinajstić information content (AvgIpc) is 2.45. The van der Waals surface area contributed by atoms with Crippen LogP contribution < -0.4 is 10.1 Å². The van der Waals surface area contributed by atoms with E-state index in [2.05, 4.69) is 38.2 Å². The van der Waals surface area contributed by atoms with Crippen molar-refractivity contribution < 1.29 is 14.3 Å². The summed E-state index contributed by atoms with van der Waals surface area (Å²) in [5.74, 6) is 0.544. The van der Waals surface area contributed by atoms with E-state index in [1.165, 1.54) is 12.7 Å². The van der Waals surface area contributed by atoms with Gasteiger partial charge in [0.25, 0.3) is 0 Å². The van der Waals surface area contributed by atoms with Gasteiger partial charge in [-0.15, -0.1) is 0 Å². The second-order valence-corrected chi connectivity index (χ2v) is 6.45. The maximum atomic E-state index is 11.8. The summed E-state index contributed by atoms with van der Waals surface area (Å²) in [7, 11) is 3.14. The predicted octanol–water partition coefficient (Wildman–Crippen LogP) is 2.90. The molecular formula is C17H27NO3. The Balaban J connectivity index is 2.66. The number of hydrogen-bond acceptors (Lipinski definition) is 4. The Labute approximate surface area is 127 Å². The maximum absolute atomic E-state index is 11.8. The minimum Gasteiger partial charge on any atom is -0.493 e. The van der Waals surface area contributed by atoms with E-state index in [-0.39, 0.29) is 11.4 Å². The van der Waals surface area contributed by atoms with Crippen molar-refractivity contribution in [2.75, 3.05) is 20.8 Å². The number of benzene rings is 1. The Morgan fingerprint density at radius 3 is 2.43 bits per heavy atom. The molecule has 1 unspecified atom stereocenters. The highest BCUT2D eigenvalue weighted by atomic mass is 16.5. The zero-order chi connectivity index (χ0) is 16.1. The van der Waals surface area contributed by atoms with Gasteiger partial charge in [-0.1, -0.05) is 32.9 Å². The molecule has 1 aromatic rings. The Morgan fingerprint density at radius 1 is 1.24 bits per heavy atom. The molecule has 1 rings (SSSR count). The number of likely N-dealkylation sites (N-methyl/N-ethyl adjacent to an activating group) is 1. The quantitative estimate of drug-likeness (QED) is 0.819. The molecule has 0 aliphatic carbocycles. The fourth-order valence-electron chi connectivity index (χ4n) is 1.98. The highest BCUT2D eigenvalue weighted by molar-refractivity contribution is 5.80. The van der Waals surface area contributed by atoms with Gasteiger partial charge in [-0.25, -0.2) is 0 Å². The molecule has 0 amide bonds. The third-order valence-electron chi connectivity index (χ3n) is 3.76. The summed E-state index contributed by atoms with van der Waals surface area (Å²) in [4.78, 5) is 11.8. The van der Waals surface area contributed by atoms with Crippen molar-refractivity contribution in [3.05, 3.63) is 29.8 Å². The van der Waals surface area contributed by atoms with Crippen LogP contribution in [0.1, 0.15) is 39.7 Å². The van der Waals surface area contributed by atoms with Crippen molar-refractivity contribution in [2.45, 2.75) is 45.1 Å². The summed E-state index contributed by atoms with van der Waals surface area (Å²) in [5.41, 5.74) is 0.589. The monoisotopic (exact) mass is 293 g/mol. The van der Waals surface area contributed by atoms with Crippen LogP contribution in [-0.2, 0) is 14.9 Å². The van der Waals surface area contributed by atoms with E-state index in [0.29, 0.717) is 13.0 Å². The van der Waals surface area contributed by atoms with E-state index < -0.39 is 5.54 Å². The summed E-state index contributed by atoms with van der Waals surface area (Å²) in [6.45, 7) is 8.76. The molecule has 1 atom stereocenters. The number of esters is 1. The van der Waals surface area contributed by atoms with Crippen molar-refractivity contribution in [3.8, 4) is 5.75 Å². The number of nitrogens with one attached hydrogen (secondary N) is 1. The molecule has 4 nitrogen and oxygen atoms in total. The van der Waals surface area contributed by atoms with E-state index in [4.69, 9.17) is 9.47 Å². The predicted molar refractivity (Wildman–Crippen MR) is 84.7 cm³/mol. The lowest BCUT2D eigenvalue weighted by molar-refractivity contribution is -0.148. The van der Waals surface area contributed by atoms with Gasteiger partial charge >= 0.3 is 5.97 Å². The maximum Gasteiger partial charge on any atom is 0.325 e. The molecule has 21 heavy (non-hydrogen) atoms. The topological polar surface area (TPSA) is 47.6 Å². The number of carbonyl (C=O) groups excluding carboxylic acids is 1. The van der Waals surface area contributed by atoms with Gasteiger partial charge in [0, 0.05) is 6.42 Å². The molecule has 0 aliphatic heterocycles. The molecule has 1 aromatic carbocycles. The minimum atomic E-state index is -0.726. The summed E-state index contributed by atoms with van der Waals surface area (Å²) < 4.78 is 10.6. The number of hydrogen-bond donors (Lipinski definition) is 1. The second kappa shape index (κ2) is 6.94. The zero-order valence-corrected chi connectivity index (χ0v) is 13.9. The van der Waals surface area contributed by atoms with Gasteiger partial charge in [-0.3, -0.25) is 4.79 Å². The first-order valence-electron chi connectivity index (χ1n) is 7.23. The first-order chi connectivity index (χ1) is 9.73. The van der Waals surface area contributed by atoms with Gasteiger partial charge < -0.3 is 14.8 Å². The standard InChI is InChI=1S/C17H27NO3/c1-16(2,3)13-8-7-9-14(12-13)21-11-10-17(4,18-5)15(19)20-6/h7-9,12,18H,10-11H2,1-6H3. The SMILES string of the molecule is CNC(C)(CCOc1cccc(C(C)(C)C)c1)C(=O)OC. The second-order valence-electron chi connectivity index (χ2n) is 6.45. The van der Waals surface area contributed by atoms with Crippen molar-refractivity contribution in [3.63, 3.8) is 0 Å². The number of methoxy groups -OCH3 is 1. The minimum absolute atomic E-state index is 0.0882. The summed E-state index contributed by atoms with van der Waals surface area (Å²) in [6.07, 6.45) is 0.538. The molecule has 1 N–H and O–H groups in total. The summed E-state index contributed by atoms with van der Waals surface area (Å²) >= 11 is 0. The molecule has 118 valence electrons. The van der Waals surface area contributed by atoms with Gasteiger partial charge in [0.05, 0.1) is 13.7 Å². The molecule has 0 aromatic heterocycles. The fraction of sp³-hybridized carbons (Fsp3) is 0.588. The van der Waals surface area contributed by atoms with E-state index in [1.807, 2.05) is 19.1 Å². The van der Waals surface area contributed by atoms with Crippen LogP contribution in [0.2, 0.25) is 0 Å². The average molecular weight is 293 g/mol. The van der Waals surface area contributed by atoms with Gasteiger partial charge in [-0.05, 0) is 37.1 Å². The number of rotatable bonds is 6. The molecule has 0 aliphatic rings. The lowest BCUT2D eigenvalue weighted by Gasteiger charge is -2.26. The van der Waals surface area contributed by atoms with Crippen molar-refractivity contribution in [1.82, 2.24) is 5.32 Å². The highest BCUT2D eigenvalue weighted by Crippen LogP contribution is 2.25. The van der Waals surface area contributed by atoms with Crippen LogP contribution in [0.3, 0.4) is 0 Å². The lowest BCUT2D eigenvalue weighted by atomic mass is 9.87. The van der Waals surface area contributed by atoms with Crippen LogP contribution in [0.4, 0.5) is 0 Å². The van der Waals surface area contributed by atoms with Crippen molar-refractivity contribution in [2.24, 2.45) is 0 Å². The molecule has 0 saturated carbocycles. The molecule has 0 saturated heterocycles. The largest absolute Gasteiger partial charge is 0.493 e. The van der Waals surface area contributed by atoms with Crippen LogP contribution in [-0.4, -0.2) is 32.3 Å². The Hall–Kier alpha value is -1.55. The third kappa shape index (κ3) is 4.74. The van der Waals surface area contributed by atoms with E-state index in [9.17, 15) is 4.79 Å². The van der Waals surface area contributed by atoms with Crippen molar-refractivity contribution >= 4 is 5.97 Å². The van der Waals surface area contributed by atoms with Crippen LogP contribution in [0, 0.1) is 0 Å². The summed E-state index contributed by atoms with van der Waals surface area (Å²) in [5, 5.41) is 3.00. The van der Waals surface area contributed by atoms with E-state index >= 15 is 0 Å². The smallest absolute Gasteiger partial charge is 0.325 e. The molecular weight excluding hydrogens is 266 g/mol. The van der Waals surface area contributed by atoms with Crippen LogP contribution in [0.5, 0.6) is 5.75 Å². The van der Waals surface area contributed by atoms with Gasteiger partial charge in [0.1, 0.15) is 11.3 Å². The molecule has 0 heterocycles. The van der Waals surface area contributed by atoms with E-state index in [0.717, 1.165) is 5.75 Å². The molecule has 0 fully saturated rings. The van der Waals surface area contributed by atoms with Gasteiger partial charge in [0.15, 0.2) is 0 Å². The normalized spacial score (nSPS) is 14.4. The van der Waals surface area contributed by atoms with Gasteiger partial charge in [-0.2, -0.15) is 0 Å². The summed E-state index contributed by atoms with van der Waals surface area (Å²) in [6, 6.07) is 8.07. The molecule has 0 radical (unpaired) electrons. The van der Waals surface area contributed by atoms with E-state index in [1.54, 1.807) is 7.05 Å². The van der Waals surface area contributed by atoms with Crippen LogP contribution in [0.15, 0.2) is 24.3 Å². The van der Waals surface area contributed by atoms with Crippen LogP contribution in [0.25, 0.3) is 0 Å². The first kappa shape index (κ1) is 17.5. The number of carbonyl (C=O) groups is 1. The van der Waals surface area contributed by atoms with Crippen LogP contribution >= 0.6 is 0 Å². The Morgan fingerprint density at radius 2 is 1.90 bits per heavy atom. The Kier molecular flexibility index (Phi) is 5.78. The zero-order valence-electron chi connectivity index (χ0n) is 13.9. The highest BCUT2D eigenvalue weighted by Gasteiger charge is 2.32. The molecule has 0 bridgehead atoms. The van der Waals surface area contributed by atoms with Crippen molar-refractivity contribution in [1.29, 1.82) is 0 Å². The fourth-order valence-corrected chi connectivity index (χ4v) is 1.98. The lowest BCUT2D eigenvalue weighted by Crippen LogP contribution is -2.49. The molecule has 0 spiro atoms. The third-order valence-corrected chi connectivity index (χ3v) is 3.76. The van der Waals surface area contributed by atoms with Gasteiger partial charge in [0.2, 0.25) is 0 Å². The molecule has 4 heteroatoms.